The predicted octanol–water partition coefficient (Wildman–Crippen LogP) is 4.74. The lowest BCUT2D eigenvalue weighted by Crippen LogP contribution is -2.35. The lowest BCUT2D eigenvalue weighted by Gasteiger charge is -2.39. The second-order valence-electron chi connectivity index (χ2n) is 7.95. The van der Waals surface area contributed by atoms with Crippen LogP contribution in [0.5, 0.6) is 0 Å². The van der Waals surface area contributed by atoms with Gasteiger partial charge in [0.25, 0.3) is 0 Å². The van der Waals surface area contributed by atoms with Crippen LogP contribution in [-0.4, -0.2) is 5.78 Å². The Morgan fingerprint density at radius 2 is 1.62 bits per heavy atom. The molecule has 0 N–H and O–H groups in total. The Kier molecular flexibility index (Phi) is 2.46. The lowest BCUT2D eigenvalue weighted by atomic mass is 9.64. The molecule has 0 aliphatic heterocycles. The van der Waals surface area contributed by atoms with Crippen molar-refractivity contribution in [1.82, 2.24) is 0 Å². The first-order chi connectivity index (χ1) is 9.89. The highest BCUT2D eigenvalue weighted by atomic mass is 16.1. The summed E-state index contributed by atoms with van der Waals surface area (Å²) in [5, 5.41) is 0. The lowest BCUT2D eigenvalue weighted by molar-refractivity contribution is -0.123. The maximum absolute atomic E-state index is 12.8. The Bertz CT molecular complexity index is 656. The van der Waals surface area contributed by atoms with E-state index in [2.05, 4.69) is 58.0 Å². The number of carbonyl (C=O) groups excluding carboxylic acids is 1. The SMILES string of the molecule is CC1=C(C)C2(C)CC1(C)[C@@H]1[C@@H](c3ccccc3)CC(=O)[C@@H]12. The fourth-order valence-electron chi connectivity index (χ4n) is 6.09. The summed E-state index contributed by atoms with van der Waals surface area (Å²) < 4.78 is 0. The normalized spacial score (nSPS) is 44.6. The van der Waals surface area contributed by atoms with Crippen molar-refractivity contribution in [2.24, 2.45) is 22.7 Å². The van der Waals surface area contributed by atoms with Crippen molar-refractivity contribution < 1.29 is 4.79 Å². The molecule has 1 heteroatoms. The minimum absolute atomic E-state index is 0.115. The number of allylic oxidation sites excluding steroid dienone is 2. The fourth-order valence-corrected chi connectivity index (χ4v) is 6.09. The molecule has 1 nitrogen and oxygen atoms in total. The van der Waals surface area contributed by atoms with Gasteiger partial charge in [0.1, 0.15) is 5.78 Å². The van der Waals surface area contributed by atoms with Gasteiger partial charge in [0, 0.05) is 12.3 Å². The number of benzene rings is 1. The summed E-state index contributed by atoms with van der Waals surface area (Å²) in [6, 6.07) is 10.7. The van der Waals surface area contributed by atoms with Crippen LogP contribution in [0, 0.1) is 22.7 Å². The smallest absolute Gasteiger partial charge is 0.137 e. The number of hydrogen-bond acceptors (Lipinski definition) is 1. The molecule has 1 aromatic carbocycles. The van der Waals surface area contributed by atoms with Gasteiger partial charge in [-0.25, -0.2) is 0 Å². The van der Waals surface area contributed by atoms with E-state index in [4.69, 9.17) is 0 Å². The Hall–Kier alpha value is -1.37. The maximum Gasteiger partial charge on any atom is 0.137 e. The van der Waals surface area contributed by atoms with Crippen LogP contribution in [0.3, 0.4) is 0 Å². The molecule has 0 saturated heterocycles. The van der Waals surface area contributed by atoms with Crippen molar-refractivity contribution in [3.05, 3.63) is 47.0 Å². The first-order valence-corrected chi connectivity index (χ1v) is 8.16. The minimum Gasteiger partial charge on any atom is -0.299 e. The van der Waals surface area contributed by atoms with Crippen LogP contribution in [0.25, 0.3) is 0 Å². The first-order valence-electron chi connectivity index (χ1n) is 8.16. The summed E-state index contributed by atoms with van der Waals surface area (Å²) in [5.74, 6) is 1.67. The van der Waals surface area contributed by atoms with Gasteiger partial charge in [0.2, 0.25) is 0 Å². The van der Waals surface area contributed by atoms with E-state index in [-0.39, 0.29) is 16.7 Å². The van der Waals surface area contributed by atoms with Crippen molar-refractivity contribution in [3.63, 3.8) is 0 Å². The van der Waals surface area contributed by atoms with Crippen LogP contribution in [0.15, 0.2) is 41.5 Å². The van der Waals surface area contributed by atoms with E-state index in [0.29, 0.717) is 17.6 Å². The zero-order valence-corrected chi connectivity index (χ0v) is 13.4. The highest BCUT2D eigenvalue weighted by molar-refractivity contribution is 5.88. The molecule has 0 spiro atoms. The van der Waals surface area contributed by atoms with E-state index in [1.165, 1.54) is 17.6 Å². The van der Waals surface area contributed by atoms with Crippen molar-refractivity contribution in [2.45, 2.75) is 46.5 Å². The van der Waals surface area contributed by atoms with Crippen LogP contribution in [-0.2, 0) is 4.79 Å². The largest absolute Gasteiger partial charge is 0.299 e. The van der Waals surface area contributed by atoms with Crippen molar-refractivity contribution in [1.29, 1.82) is 0 Å². The maximum atomic E-state index is 12.8. The molecule has 21 heavy (non-hydrogen) atoms. The Morgan fingerprint density at radius 1 is 1.00 bits per heavy atom. The standard InChI is InChI=1S/C20H24O/c1-12-13(2)20(4)11-19(12,3)17-15(10-16(21)18(17)20)14-8-6-5-7-9-14/h5-9,15,17-18H,10-11H2,1-4H3/t15-,17-,18+,19?,20?/m1/s1. The minimum atomic E-state index is 0.115. The zero-order chi connectivity index (χ0) is 15.0. The molecule has 2 unspecified atom stereocenters. The highest BCUT2D eigenvalue weighted by Gasteiger charge is 2.69. The molecule has 5 atom stereocenters. The van der Waals surface area contributed by atoms with Gasteiger partial charge in [0.15, 0.2) is 0 Å². The van der Waals surface area contributed by atoms with Gasteiger partial charge >= 0.3 is 0 Å². The molecule has 1 aromatic rings. The molecule has 0 amide bonds. The summed E-state index contributed by atoms with van der Waals surface area (Å²) in [4.78, 5) is 12.8. The number of rotatable bonds is 1. The van der Waals surface area contributed by atoms with Gasteiger partial charge in [-0.1, -0.05) is 55.3 Å². The third kappa shape index (κ3) is 1.40. The average molecular weight is 280 g/mol. The number of Topliss-reactive ketones (excluding diaryl/α,β-unsaturated/α-hetero) is 1. The van der Waals surface area contributed by atoms with Crippen LogP contribution in [0.1, 0.15) is 52.0 Å². The van der Waals surface area contributed by atoms with E-state index in [0.717, 1.165) is 6.42 Å². The predicted molar refractivity (Wildman–Crippen MR) is 85.0 cm³/mol. The van der Waals surface area contributed by atoms with Gasteiger partial charge in [-0.15, -0.1) is 0 Å². The summed E-state index contributed by atoms with van der Waals surface area (Å²) >= 11 is 0. The molecule has 3 aliphatic rings. The van der Waals surface area contributed by atoms with E-state index in [1.54, 1.807) is 5.57 Å². The molecule has 4 rings (SSSR count). The summed E-state index contributed by atoms with van der Waals surface area (Å²) in [7, 11) is 0. The molecular formula is C20H24O. The zero-order valence-electron chi connectivity index (χ0n) is 13.4. The van der Waals surface area contributed by atoms with E-state index in [9.17, 15) is 4.79 Å². The van der Waals surface area contributed by atoms with Gasteiger partial charge in [-0.3, -0.25) is 4.79 Å². The Morgan fingerprint density at radius 3 is 2.29 bits per heavy atom. The first kappa shape index (κ1) is 13.3. The summed E-state index contributed by atoms with van der Waals surface area (Å²) in [6.07, 6.45) is 1.91. The second-order valence-corrected chi connectivity index (χ2v) is 7.95. The number of fused-ring (bicyclic) bond motifs is 5. The highest BCUT2D eigenvalue weighted by Crippen LogP contribution is 2.74. The molecule has 2 saturated carbocycles. The molecule has 0 heterocycles. The van der Waals surface area contributed by atoms with Gasteiger partial charge in [-0.2, -0.15) is 0 Å². The van der Waals surface area contributed by atoms with Gasteiger partial charge in [0.05, 0.1) is 0 Å². The summed E-state index contributed by atoms with van der Waals surface area (Å²) in [6.45, 7) is 9.32. The Labute approximate surface area is 127 Å². The number of ketones is 1. The van der Waals surface area contributed by atoms with Crippen LogP contribution < -0.4 is 0 Å². The molecule has 2 bridgehead atoms. The van der Waals surface area contributed by atoms with Crippen molar-refractivity contribution in [3.8, 4) is 0 Å². The number of carbonyl (C=O) groups is 1. The molecule has 0 aromatic heterocycles. The topological polar surface area (TPSA) is 17.1 Å². The molecule has 0 radical (unpaired) electrons. The average Bonchev–Trinajstić information content (AvgIpc) is 3.01. The third-order valence-electron chi connectivity index (χ3n) is 7.22. The fraction of sp³-hybridized carbons (Fsp3) is 0.550. The van der Waals surface area contributed by atoms with Gasteiger partial charge in [-0.05, 0) is 48.5 Å². The number of hydrogen-bond donors (Lipinski definition) is 0. The van der Waals surface area contributed by atoms with E-state index >= 15 is 0 Å². The Balaban J connectivity index is 1.87. The molecular weight excluding hydrogens is 256 g/mol. The van der Waals surface area contributed by atoms with Crippen LogP contribution in [0.2, 0.25) is 0 Å². The van der Waals surface area contributed by atoms with E-state index < -0.39 is 0 Å². The quantitative estimate of drug-likeness (QED) is 0.679. The van der Waals surface area contributed by atoms with Crippen molar-refractivity contribution >= 4 is 5.78 Å². The van der Waals surface area contributed by atoms with Crippen molar-refractivity contribution in [2.75, 3.05) is 0 Å². The van der Waals surface area contributed by atoms with Gasteiger partial charge < -0.3 is 0 Å². The summed E-state index contributed by atoms with van der Waals surface area (Å²) in [5.41, 5.74) is 4.75. The second kappa shape index (κ2) is 3.88. The van der Waals surface area contributed by atoms with Crippen LogP contribution >= 0.6 is 0 Å². The third-order valence-corrected chi connectivity index (χ3v) is 7.22. The monoisotopic (exact) mass is 280 g/mol. The van der Waals surface area contributed by atoms with E-state index in [1.807, 2.05) is 0 Å². The molecule has 3 aliphatic carbocycles. The van der Waals surface area contributed by atoms with Crippen LogP contribution in [0.4, 0.5) is 0 Å². The molecule has 2 fully saturated rings. The molecule has 110 valence electrons.